The molecule has 0 spiro atoms. The molecule has 31 heavy (non-hydrogen) atoms. The van der Waals surface area contributed by atoms with Crippen LogP contribution in [-0.2, 0) is 24.3 Å². The number of anilines is 1. The van der Waals surface area contributed by atoms with Gasteiger partial charge in [0.2, 0.25) is 5.91 Å². The number of aromatic nitrogens is 2. The molecular formula is C22H17ClN4O3S. The Balaban J connectivity index is 1.58. The first-order valence-corrected chi connectivity index (χ1v) is 10.8. The topological polar surface area (TPSA) is 96.9 Å². The van der Waals surface area contributed by atoms with Crippen LogP contribution in [0.4, 0.5) is 5.69 Å². The highest BCUT2D eigenvalue weighted by Gasteiger charge is 2.23. The molecule has 1 amide bonds. The summed E-state index contributed by atoms with van der Waals surface area (Å²) >= 11 is 7.38. The molecule has 2 aromatic carbocycles. The molecule has 1 aliphatic rings. The van der Waals surface area contributed by atoms with Crippen molar-refractivity contribution in [2.75, 3.05) is 5.32 Å². The number of para-hydroxylation sites is 1. The molecule has 0 bridgehead atoms. The molecule has 9 heteroatoms. The molecule has 1 N–H and O–H groups in total. The number of nitrogens with one attached hydrogen (secondary N) is 1. The van der Waals surface area contributed by atoms with E-state index in [0.717, 1.165) is 14.4 Å². The number of nitrogens with zero attached hydrogens (tertiary/aromatic N) is 3. The second-order valence-corrected chi connectivity index (χ2v) is 8.51. The number of carbonyl (C=O) groups excluding carboxylic acids is 1. The Morgan fingerprint density at radius 3 is 2.65 bits per heavy atom. The van der Waals surface area contributed by atoms with Crippen molar-refractivity contribution in [2.24, 2.45) is 0 Å². The molecule has 1 aromatic heterocycles. The SMILES string of the molecule is N#Cc1c2n(c(=O)n(CC(=O)Nc3ccccc3Sc3ccc(Cl)cc3)c1=O)CCC2. The summed E-state index contributed by atoms with van der Waals surface area (Å²) in [6, 6.07) is 16.4. The number of nitriles is 1. The smallest absolute Gasteiger partial charge is 0.323 e. The van der Waals surface area contributed by atoms with Crippen LogP contribution in [-0.4, -0.2) is 15.0 Å². The zero-order valence-corrected chi connectivity index (χ0v) is 17.9. The average molecular weight is 453 g/mol. The lowest BCUT2D eigenvalue weighted by Gasteiger charge is -2.13. The summed E-state index contributed by atoms with van der Waals surface area (Å²) in [4.78, 5) is 39.8. The monoisotopic (exact) mass is 452 g/mol. The molecule has 2 heterocycles. The maximum Gasteiger partial charge on any atom is 0.331 e. The summed E-state index contributed by atoms with van der Waals surface area (Å²) in [5.41, 5.74) is -0.333. The Morgan fingerprint density at radius 1 is 1.16 bits per heavy atom. The van der Waals surface area contributed by atoms with Gasteiger partial charge in [0.15, 0.2) is 0 Å². The van der Waals surface area contributed by atoms with Gasteiger partial charge in [0.25, 0.3) is 5.56 Å². The van der Waals surface area contributed by atoms with Crippen molar-refractivity contribution in [3.63, 3.8) is 0 Å². The maximum atomic E-state index is 12.7. The Morgan fingerprint density at radius 2 is 1.90 bits per heavy atom. The number of amides is 1. The number of hydrogen-bond acceptors (Lipinski definition) is 5. The summed E-state index contributed by atoms with van der Waals surface area (Å²) in [5, 5.41) is 12.8. The molecule has 7 nitrogen and oxygen atoms in total. The van der Waals surface area contributed by atoms with Crippen LogP contribution in [0.3, 0.4) is 0 Å². The fraction of sp³-hybridized carbons (Fsp3) is 0.182. The number of halogens is 1. The van der Waals surface area contributed by atoms with E-state index in [-0.39, 0.29) is 5.56 Å². The first kappa shape index (κ1) is 21.0. The van der Waals surface area contributed by atoms with Crippen molar-refractivity contribution in [3.05, 3.63) is 85.6 Å². The molecule has 0 radical (unpaired) electrons. The lowest BCUT2D eigenvalue weighted by Crippen LogP contribution is -2.44. The predicted molar refractivity (Wildman–Crippen MR) is 119 cm³/mol. The molecule has 0 unspecified atom stereocenters. The number of hydrogen-bond donors (Lipinski definition) is 1. The van der Waals surface area contributed by atoms with E-state index >= 15 is 0 Å². The number of fused-ring (bicyclic) bond motifs is 1. The third-order valence-electron chi connectivity index (χ3n) is 4.95. The van der Waals surface area contributed by atoms with Crippen LogP contribution in [0.2, 0.25) is 5.02 Å². The van der Waals surface area contributed by atoms with Gasteiger partial charge in [-0.15, -0.1) is 0 Å². The molecule has 0 aliphatic carbocycles. The van der Waals surface area contributed by atoms with Gasteiger partial charge in [0.1, 0.15) is 18.2 Å². The second-order valence-electron chi connectivity index (χ2n) is 6.96. The molecule has 3 aromatic rings. The standard InChI is InChI=1S/C22H17ClN4O3S/c23-14-7-9-15(10-8-14)31-19-6-2-1-4-17(19)25-20(28)13-27-21(29)16(12-24)18-5-3-11-26(18)22(27)30/h1-2,4,6-10H,3,5,11,13H2,(H,25,28). The molecule has 0 atom stereocenters. The zero-order chi connectivity index (χ0) is 22.0. The van der Waals surface area contributed by atoms with Crippen molar-refractivity contribution in [1.29, 1.82) is 5.26 Å². The number of carbonyl (C=O) groups is 1. The van der Waals surface area contributed by atoms with E-state index in [1.165, 1.54) is 16.3 Å². The fourth-order valence-electron chi connectivity index (χ4n) is 3.51. The molecule has 1 aliphatic heterocycles. The van der Waals surface area contributed by atoms with Gasteiger partial charge < -0.3 is 5.32 Å². The van der Waals surface area contributed by atoms with Gasteiger partial charge in [0.05, 0.1) is 5.69 Å². The van der Waals surface area contributed by atoms with E-state index < -0.39 is 23.7 Å². The van der Waals surface area contributed by atoms with Gasteiger partial charge in [-0.1, -0.05) is 35.5 Å². The molecule has 156 valence electrons. The van der Waals surface area contributed by atoms with Crippen LogP contribution in [0.15, 0.2) is 67.9 Å². The molecule has 0 fully saturated rings. The normalized spacial score (nSPS) is 12.3. The Labute approximate surface area is 186 Å². The Hall–Kier alpha value is -3.28. The van der Waals surface area contributed by atoms with Gasteiger partial charge in [-0.25, -0.2) is 9.36 Å². The first-order chi connectivity index (χ1) is 15.0. The molecular weight excluding hydrogens is 436 g/mol. The van der Waals surface area contributed by atoms with Gasteiger partial charge in [-0.2, -0.15) is 5.26 Å². The predicted octanol–water partition coefficient (Wildman–Crippen LogP) is 3.27. The van der Waals surface area contributed by atoms with Crippen LogP contribution in [0.5, 0.6) is 0 Å². The summed E-state index contributed by atoms with van der Waals surface area (Å²) in [6.45, 7) is -0.0299. The van der Waals surface area contributed by atoms with Crippen LogP contribution in [0, 0.1) is 11.3 Å². The van der Waals surface area contributed by atoms with Crippen molar-refractivity contribution < 1.29 is 4.79 Å². The highest BCUT2D eigenvalue weighted by atomic mass is 35.5. The fourth-order valence-corrected chi connectivity index (χ4v) is 4.54. The van der Waals surface area contributed by atoms with Crippen molar-refractivity contribution in [3.8, 4) is 6.07 Å². The summed E-state index contributed by atoms with van der Waals surface area (Å²) in [7, 11) is 0. The maximum absolute atomic E-state index is 12.7. The summed E-state index contributed by atoms with van der Waals surface area (Å²) in [5.74, 6) is -0.522. The van der Waals surface area contributed by atoms with Gasteiger partial charge in [-0.05, 0) is 49.2 Å². The Kier molecular flexibility index (Phi) is 5.98. The van der Waals surface area contributed by atoms with Crippen molar-refractivity contribution >= 4 is 35.0 Å². The van der Waals surface area contributed by atoms with Crippen molar-refractivity contribution in [2.45, 2.75) is 35.7 Å². The average Bonchev–Trinajstić information content (AvgIpc) is 3.24. The van der Waals surface area contributed by atoms with E-state index in [2.05, 4.69) is 5.32 Å². The number of benzene rings is 2. The first-order valence-electron chi connectivity index (χ1n) is 9.57. The number of rotatable bonds is 5. The molecule has 4 rings (SSSR count). The van der Waals surface area contributed by atoms with Crippen LogP contribution < -0.4 is 16.6 Å². The third kappa shape index (κ3) is 4.29. The van der Waals surface area contributed by atoms with Crippen LogP contribution in [0.1, 0.15) is 17.7 Å². The summed E-state index contributed by atoms with van der Waals surface area (Å²) in [6.07, 6.45) is 1.20. The minimum Gasteiger partial charge on any atom is -0.323 e. The third-order valence-corrected chi connectivity index (χ3v) is 6.28. The lowest BCUT2D eigenvalue weighted by molar-refractivity contribution is -0.116. The largest absolute Gasteiger partial charge is 0.331 e. The van der Waals surface area contributed by atoms with Crippen LogP contribution >= 0.6 is 23.4 Å². The zero-order valence-electron chi connectivity index (χ0n) is 16.3. The van der Waals surface area contributed by atoms with E-state index in [9.17, 15) is 19.6 Å². The highest BCUT2D eigenvalue weighted by Crippen LogP contribution is 2.33. The van der Waals surface area contributed by atoms with E-state index in [1.807, 2.05) is 30.3 Å². The van der Waals surface area contributed by atoms with Crippen molar-refractivity contribution in [1.82, 2.24) is 9.13 Å². The Bertz CT molecular complexity index is 1320. The highest BCUT2D eigenvalue weighted by molar-refractivity contribution is 7.99. The van der Waals surface area contributed by atoms with E-state index in [0.29, 0.717) is 35.8 Å². The molecule has 0 saturated carbocycles. The van der Waals surface area contributed by atoms with E-state index in [4.69, 9.17) is 11.6 Å². The van der Waals surface area contributed by atoms with Crippen LogP contribution in [0.25, 0.3) is 0 Å². The minimum atomic E-state index is -0.723. The minimum absolute atomic E-state index is 0.0661. The second kappa shape index (κ2) is 8.84. The quantitative estimate of drug-likeness (QED) is 0.640. The molecule has 0 saturated heterocycles. The lowest BCUT2D eigenvalue weighted by atomic mass is 10.2. The van der Waals surface area contributed by atoms with E-state index in [1.54, 1.807) is 24.3 Å². The van der Waals surface area contributed by atoms with Gasteiger partial charge in [-0.3, -0.25) is 14.2 Å². The summed E-state index contributed by atoms with van der Waals surface area (Å²) < 4.78 is 2.25. The van der Waals surface area contributed by atoms with Gasteiger partial charge in [0, 0.05) is 27.1 Å². The van der Waals surface area contributed by atoms with Gasteiger partial charge >= 0.3 is 5.69 Å².